The van der Waals surface area contributed by atoms with Crippen LogP contribution in [0.4, 0.5) is 0 Å². The molecule has 0 radical (unpaired) electrons. The second-order valence-corrected chi connectivity index (χ2v) is 9.60. The monoisotopic (exact) mass is 502 g/mol. The van der Waals surface area contributed by atoms with E-state index in [-0.39, 0.29) is 17.9 Å². The number of aliphatic carboxylic acids is 2. The number of carboxylic acids is 2. The quantitative estimate of drug-likeness (QED) is 0.238. The van der Waals surface area contributed by atoms with Crippen LogP contribution in [0.25, 0.3) is 0 Å². The maximum atomic E-state index is 13.4. The Hall–Kier alpha value is -2.98. The highest BCUT2D eigenvalue weighted by molar-refractivity contribution is 5.88. The van der Waals surface area contributed by atoms with Gasteiger partial charge >= 0.3 is 11.9 Å². The largest absolute Gasteiger partial charge is 0.480 e. The average molecular weight is 503 g/mol. The summed E-state index contributed by atoms with van der Waals surface area (Å²) in [6.07, 6.45) is 5.21. The van der Waals surface area contributed by atoms with E-state index in [9.17, 15) is 29.4 Å². The number of nitrogens with one attached hydrogen (secondary N) is 3. The van der Waals surface area contributed by atoms with Crippen molar-refractivity contribution in [3.05, 3.63) is 35.9 Å². The van der Waals surface area contributed by atoms with E-state index < -0.39 is 30.1 Å². The first-order valence-electron chi connectivity index (χ1n) is 12.9. The van der Waals surface area contributed by atoms with Gasteiger partial charge in [-0.05, 0) is 69.9 Å². The van der Waals surface area contributed by atoms with E-state index in [1.807, 2.05) is 30.3 Å². The van der Waals surface area contributed by atoms with Crippen LogP contribution in [-0.4, -0.2) is 82.7 Å². The summed E-state index contributed by atoms with van der Waals surface area (Å²) in [4.78, 5) is 50.6. The predicted molar refractivity (Wildman–Crippen MR) is 133 cm³/mol. The molecule has 0 aliphatic carbocycles. The molecule has 2 heterocycles. The van der Waals surface area contributed by atoms with Gasteiger partial charge in [-0.25, -0.2) is 4.79 Å². The summed E-state index contributed by atoms with van der Waals surface area (Å²) in [5, 5.41) is 28.4. The Labute approximate surface area is 211 Å². The van der Waals surface area contributed by atoms with E-state index in [4.69, 9.17) is 0 Å². The second-order valence-electron chi connectivity index (χ2n) is 9.60. The Morgan fingerprint density at radius 1 is 1.00 bits per heavy atom. The first-order chi connectivity index (χ1) is 17.4. The van der Waals surface area contributed by atoms with Crippen LogP contribution in [0.2, 0.25) is 0 Å². The Morgan fingerprint density at radius 2 is 1.78 bits per heavy atom. The molecular weight excluding hydrogens is 464 g/mol. The van der Waals surface area contributed by atoms with Gasteiger partial charge < -0.3 is 25.7 Å². The smallest absolute Gasteiger partial charge is 0.326 e. The van der Waals surface area contributed by atoms with Crippen molar-refractivity contribution in [1.82, 2.24) is 20.9 Å². The van der Waals surface area contributed by atoms with Gasteiger partial charge in [0.05, 0.1) is 12.1 Å². The highest BCUT2D eigenvalue weighted by Crippen LogP contribution is 2.20. The lowest BCUT2D eigenvalue weighted by molar-refractivity contribution is -0.149. The molecular formula is C26H38N4O6. The SMILES string of the molecule is O=C(O)[C@H](CCc1ccccc1)N[C@@H](CCCCNC(=O)[C@@H]1CCCN1)C(=O)N1CCC[C@H]1C(=O)O. The summed E-state index contributed by atoms with van der Waals surface area (Å²) in [6, 6.07) is 6.76. The molecule has 2 aliphatic heterocycles. The summed E-state index contributed by atoms with van der Waals surface area (Å²) in [5.74, 6) is -2.48. The first-order valence-corrected chi connectivity index (χ1v) is 12.9. The van der Waals surface area contributed by atoms with Crippen LogP contribution in [0.3, 0.4) is 0 Å². The molecule has 3 rings (SSSR count). The number of hydrogen-bond acceptors (Lipinski definition) is 6. The van der Waals surface area contributed by atoms with Crippen molar-refractivity contribution < 1.29 is 29.4 Å². The van der Waals surface area contributed by atoms with Crippen molar-refractivity contribution in [3.63, 3.8) is 0 Å². The number of amides is 2. The number of hydrogen-bond donors (Lipinski definition) is 5. The van der Waals surface area contributed by atoms with Crippen molar-refractivity contribution in [2.24, 2.45) is 0 Å². The third-order valence-corrected chi connectivity index (χ3v) is 6.98. The van der Waals surface area contributed by atoms with Gasteiger partial charge in [-0.3, -0.25) is 19.7 Å². The van der Waals surface area contributed by atoms with Gasteiger partial charge in [0.2, 0.25) is 11.8 Å². The van der Waals surface area contributed by atoms with Gasteiger partial charge in [0.15, 0.2) is 0 Å². The summed E-state index contributed by atoms with van der Waals surface area (Å²) >= 11 is 0. The van der Waals surface area contributed by atoms with Crippen molar-refractivity contribution in [2.75, 3.05) is 19.6 Å². The minimum Gasteiger partial charge on any atom is -0.480 e. The zero-order chi connectivity index (χ0) is 25.9. The predicted octanol–water partition coefficient (Wildman–Crippen LogP) is 1.14. The van der Waals surface area contributed by atoms with Crippen LogP contribution < -0.4 is 16.0 Å². The molecule has 0 bridgehead atoms. The Kier molecular flexibility index (Phi) is 10.7. The number of carbonyl (C=O) groups is 4. The summed E-state index contributed by atoms with van der Waals surface area (Å²) < 4.78 is 0. The molecule has 10 heteroatoms. The number of benzene rings is 1. The molecule has 0 saturated carbocycles. The highest BCUT2D eigenvalue weighted by Gasteiger charge is 2.38. The number of unbranched alkanes of at least 4 members (excludes halogenated alkanes) is 1. The van der Waals surface area contributed by atoms with Crippen molar-refractivity contribution in [3.8, 4) is 0 Å². The first kappa shape index (κ1) is 27.6. The standard InChI is InChI=1S/C26H38N4O6/c31-23(19-11-6-16-27-19)28-15-5-4-10-20(24(32)30-17-7-12-22(30)26(35)36)29-21(25(33)34)14-13-18-8-2-1-3-9-18/h1-3,8-9,19-22,27,29H,4-7,10-17H2,(H,28,31)(H,33,34)(H,35,36)/t19-,20-,21-,22-/m0/s1. The molecule has 198 valence electrons. The maximum Gasteiger partial charge on any atom is 0.326 e. The molecule has 1 aromatic rings. The molecule has 2 fully saturated rings. The number of likely N-dealkylation sites (tertiary alicyclic amines) is 1. The Morgan fingerprint density at radius 3 is 2.44 bits per heavy atom. The van der Waals surface area contributed by atoms with E-state index >= 15 is 0 Å². The molecule has 4 atom stereocenters. The third kappa shape index (κ3) is 8.03. The zero-order valence-electron chi connectivity index (χ0n) is 20.7. The number of aryl methyl sites for hydroxylation is 1. The van der Waals surface area contributed by atoms with Crippen LogP contribution in [-0.2, 0) is 25.6 Å². The van der Waals surface area contributed by atoms with Gasteiger partial charge in [-0.2, -0.15) is 0 Å². The van der Waals surface area contributed by atoms with Crippen LogP contribution in [0.5, 0.6) is 0 Å². The minimum absolute atomic E-state index is 0.0218. The fraction of sp³-hybridized carbons (Fsp3) is 0.615. The zero-order valence-corrected chi connectivity index (χ0v) is 20.7. The van der Waals surface area contributed by atoms with Gasteiger partial charge in [0, 0.05) is 13.1 Å². The molecule has 0 unspecified atom stereocenters. The normalized spacial score (nSPS) is 21.2. The van der Waals surface area contributed by atoms with E-state index in [1.54, 1.807) is 0 Å². The molecule has 2 amide bonds. The van der Waals surface area contributed by atoms with Crippen LogP contribution in [0.1, 0.15) is 56.9 Å². The summed E-state index contributed by atoms with van der Waals surface area (Å²) in [7, 11) is 0. The van der Waals surface area contributed by atoms with E-state index in [0.717, 1.165) is 24.9 Å². The topological polar surface area (TPSA) is 148 Å². The molecule has 36 heavy (non-hydrogen) atoms. The van der Waals surface area contributed by atoms with Gasteiger partial charge in [-0.1, -0.05) is 30.3 Å². The van der Waals surface area contributed by atoms with E-state index in [2.05, 4.69) is 16.0 Å². The number of carboxylic acid groups (broad SMARTS) is 2. The average Bonchev–Trinajstić information content (AvgIpc) is 3.58. The molecule has 0 spiro atoms. The number of carbonyl (C=O) groups excluding carboxylic acids is 2. The van der Waals surface area contributed by atoms with Crippen LogP contribution >= 0.6 is 0 Å². The number of nitrogens with zero attached hydrogens (tertiary/aromatic N) is 1. The maximum absolute atomic E-state index is 13.4. The summed E-state index contributed by atoms with van der Waals surface area (Å²) in [6.45, 7) is 1.66. The molecule has 5 N–H and O–H groups in total. The minimum atomic E-state index is -1.05. The van der Waals surface area contributed by atoms with Gasteiger partial charge in [0.1, 0.15) is 12.1 Å². The van der Waals surface area contributed by atoms with E-state index in [0.29, 0.717) is 58.0 Å². The van der Waals surface area contributed by atoms with Crippen LogP contribution in [0.15, 0.2) is 30.3 Å². The number of rotatable bonds is 14. The lowest BCUT2D eigenvalue weighted by Crippen LogP contribution is -2.54. The van der Waals surface area contributed by atoms with Crippen LogP contribution in [0, 0.1) is 0 Å². The summed E-state index contributed by atoms with van der Waals surface area (Å²) in [5.41, 5.74) is 1.01. The van der Waals surface area contributed by atoms with Gasteiger partial charge in [-0.15, -0.1) is 0 Å². The van der Waals surface area contributed by atoms with Crippen molar-refractivity contribution in [1.29, 1.82) is 0 Å². The molecule has 10 nitrogen and oxygen atoms in total. The molecule has 2 saturated heterocycles. The van der Waals surface area contributed by atoms with Crippen molar-refractivity contribution in [2.45, 2.75) is 82.0 Å². The fourth-order valence-electron chi connectivity index (χ4n) is 4.96. The van der Waals surface area contributed by atoms with E-state index in [1.165, 1.54) is 4.90 Å². The second kappa shape index (κ2) is 13.9. The third-order valence-electron chi connectivity index (χ3n) is 6.98. The lowest BCUT2D eigenvalue weighted by Gasteiger charge is -2.29. The van der Waals surface area contributed by atoms with Crippen molar-refractivity contribution >= 4 is 23.8 Å². The highest BCUT2D eigenvalue weighted by atomic mass is 16.4. The molecule has 2 aliphatic rings. The lowest BCUT2D eigenvalue weighted by atomic mass is 10.0. The Bertz CT molecular complexity index is 890. The fourth-order valence-corrected chi connectivity index (χ4v) is 4.96. The Balaban J connectivity index is 1.59. The molecule has 1 aromatic carbocycles. The van der Waals surface area contributed by atoms with Gasteiger partial charge in [0.25, 0.3) is 0 Å². The molecule has 0 aromatic heterocycles.